The molecule has 0 spiro atoms. The Hall–Kier alpha value is -3.60. The second-order valence-corrected chi connectivity index (χ2v) is 7.31. The van der Waals surface area contributed by atoms with Crippen LogP contribution in [0.5, 0.6) is 0 Å². The molecule has 0 saturated heterocycles. The van der Waals surface area contributed by atoms with Gasteiger partial charge in [-0.15, -0.1) is 0 Å². The molecular formula is C24H19N3O2. The maximum atomic E-state index is 13.6. The largest absolute Gasteiger partial charge is 0.294 e. The third-order valence-electron chi connectivity index (χ3n) is 5.43. The highest BCUT2D eigenvalue weighted by molar-refractivity contribution is 6.22. The molecule has 142 valence electrons. The molecule has 5 nitrogen and oxygen atoms in total. The molecule has 2 aromatic carbocycles. The Kier molecular flexibility index (Phi) is 4.09. The van der Waals surface area contributed by atoms with E-state index in [1.54, 1.807) is 16.8 Å². The number of benzene rings is 2. The summed E-state index contributed by atoms with van der Waals surface area (Å²) >= 11 is 0. The lowest BCUT2D eigenvalue weighted by molar-refractivity contribution is 0.0957. The molecule has 0 radical (unpaired) electrons. The molecule has 1 aliphatic carbocycles. The van der Waals surface area contributed by atoms with Gasteiger partial charge in [-0.05, 0) is 31.9 Å². The molecule has 0 aliphatic heterocycles. The van der Waals surface area contributed by atoms with Gasteiger partial charge in [-0.3, -0.25) is 9.59 Å². The van der Waals surface area contributed by atoms with Gasteiger partial charge in [0.2, 0.25) is 0 Å². The predicted molar refractivity (Wildman–Crippen MR) is 111 cm³/mol. The molecular weight excluding hydrogens is 362 g/mol. The van der Waals surface area contributed by atoms with Gasteiger partial charge in [0, 0.05) is 17.5 Å². The van der Waals surface area contributed by atoms with Crippen molar-refractivity contribution in [1.29, 1.82) is 0 Å². The zero-order valence-electron chi connectivity index (χ0n) is 16.1. The number of rotatable bonds is 3. The van der Waals surface area contributed by atoms with E-state index in [0.717, 1.165) is 12.1 Å². The molecule has 1 aliphatic rings. The molecule has 5 heteroatoms. The molecule has 0 saturated carbocycles. The molecule has 0 atom stereocenters. The first kappa shape index (κ1) is 17.5. The van der Waals surface area contributed by atoms with E-state index >= 15 is 0 Å². The number of pyridine rings is 1. The maximum absolute atomic E-state index is 13.6. The molecule has 0 amide bonds. The lowest BCUT2D eigenvalue weighted by atomic mass is 9.86. The fourth-order valence-corrected chi connectivity index (χ4v) is 4.10. The zero-order valence-corrected chi connectivity index (χ0v) is 16.1. The van der Waals surface area contributed by atoms with E-state index in [1.165, 1.54) is 0 Å². The van der Waals surface area contributed by atoms with E-state index in [4.69, 9.17) is 4.98 Å². The summed E-state index contributed by atoms with van der Waals surface area (Å²) in [5, 5.41) is 5.35. The minimum Gasteiger partial charge on any atom is -0.294 e. The normalized spacial score (nSPS) is 13.5. The van der Waals surface area contributed by atoms with Gasteiger partial charge >= 0.3 is 0 Å². The third-order valence-corrected chi connectivity index (χ3v) is 5.43. The SMILES string of the molecule is Cc1nn(-c2ccccc2)c2nc3c(c(C(=O)c4ccccc4)c12)C(=O)CCC3. The lowest BCUT2D eigenvalue weighted by Crippen LogP contribution is -2.19. The average molecular weight is 381 g/mol. The van der Waals surface area contributed by atoms with Gasteiger partial charge < -0.3 is 0 Å². The summed E-state index contributed by atoms with van der Waals surface area (Å²) in [5.74, 6) is -0.160. The number of hydrogen-bond acceptors (Lipinski definition) is 4. The van der Waals surface area contributed by atoms with E-state index in [2.05, 4.69) is 5.10 Å². The third kappa shape index (κ3) is 2.78. The van der Waals surface area contributed by atoms with Gasteiger partial charge in [0.15, 0.2) is 17.2 Å². The van der Waals surface area contributed by atoms with Crippen molar-refractivity contribution in [1.82, 2.24) is 14.8 Å². The van der Waals surface area contributed by atoms with Crippen LogP contribution in [0, 0.1) is 6.92 Å². The van der Waals surface area contributed by atoms with Crippen molar-refractivity contribution in [2.75, 3.05) is 0 Å². The van der Waals surface area contributed by atoms with Gasteiger partial charge in [-0.2, -0.15) is 5.10 Å². The number of aromatic nitrogens is 3. The van der Waals surface area contributed by atoms with E-state index in [0.29, 0.717) is 52.0 Å². The van der Waals surface area contributed by atoms with Crippen molar-refractivity contribution in [3.05, 3.63) is 88.7 Å². The van der Waals surface area contributed by atoms with Crippen molar-refractivity contribution >= 4 is 22.6 Å². The van der Waals surface area contributed by atoms with Crippen LogP contribution in [0.3, 0.4) is 0 Å². The van der Waals surface area contributed by atoms with Crippen molar-refractivity contribution in [3.8, 4) is 5.69 Å². The van der Waals surface area contributed by atoms with Gasteiger partial charge in [0.1, 0.15) is 0 Å². The number of aryl methyl sites for hydroxylation is 2. The van der Waals surface area contributed by atoms with Crippen molar-refractivity contribution < 1.29 is 9.59 Å². The standard InChI is InChI=1S/C24H19N3O2/c1-15-20-22(23(29)16-9-4-2-5-10-16)21-18(13-8-14-19(21)28)25-24(20)27(26-15)17-11-6-3-7-12-17/h2-7,9-12H,8,13-14H2,1H3. The van der Waals surface area contributed by atoms with Crippen molar-refractivity contribution in [3.63, 3.8) is 0 Å². The van der Waals surface area contributed by atoms with Crippen LogP contribution >= 0.6 is 0 Å². The summed E-state index contributed by atoms with van der Waals surface area (Å²) in [7, 11) is 0. The van der Waals surface area contributed by atoms with Gasteiger partial charge in [-0.25, -0.2) is 9.67 Å². The second-order valence-electron chi connectivity index (χ2n) is 7.31. The summed E-state index contributed by atoms with van der Waals surface area (Å²) < 4.78 is 1.77. The summed E-state index contributed by atoms with van der Waals surface area (Å²) in [6.45, 7) is 1.87. The smallest absolute Gasteiger partial charge is 0.194 e. The molecule has 2 aromatic heterocycles. The van der Waals surface area contributed by atoms with Crippen LogP contribution in [-0.2, 0) is 6.42 Å². The quantitative estimate of drug-likeness (QED) is 0.491. The summed E-state index contributed by atoms with van der Waals surface area (Å²) in [5.41, 5.74) is 4.38. The number of hydrogen-bond donors (Lipinski definition) is 0. The van der Waals surface area contributed by atoms with Crippen molar-refractivity contribution in [2.45, 2.75) is 26.2 Å². The number of nitrogens with zero attached hydrogens (tertiary/aromatic N) is 3. The number of fused-ring (bicyclic) bond motifs is 2. The maximum Gasteiger partial charge on any atom is 0.194 e. The number of carbonyl (C=O) groups is 2. The summed E-state index contributed by atoms with van der Waals surface area (Å²) in [6, 6.07) is 18.8. The van der Waals surface area contributed by atoms with Crippen LogP contribution in [-0.4, -0.2) is 26.3 Å². The van der Waals surface area contributed by atoms with E-state index in [-0.39, 0.29) is 11.6 Å². The molecule has 0 unspecified atom stereocenters. The highest BCUT2D eigenvalue weighted by Crippen LogP contribution is 2.33. The highest BCUT2D eigenvalue weighted by Gasteiger charge is 2.31. The zero-order chi connectivity index (χ0) is 20.0. The molecule has 2 heterocycles. The fourth-order valence-electron chi connectivity index (χ4n) is 4.10. The molecule has 0 fully saturated rings. The van der Waals surface area contributed by atoms with Gasteiger partial charge in [0.25, 0.3) is 0 Å². The van der Waals surface area contributed by atoms with Crippen LogP contribution in [0.1, 0.15) is 50.5 Å². The number of carbonyl (C=O) groups excluding carboxylic acids is 2. The summed E-state index contributed by atoms with van der Waals surface area (Å²) in [6.07, 6.45) is 1.88. The molecule has 0 N–H and O–H groups in total. The monoisotopic (exact) mass is 381 g/mol. The Morgan fingerprint density at radius 2 is 1.66 bits per heavy atom. The topological polar surface area (TPSA) is 64.8 Å². The van der Waals surface area contributed by atoms with E-state index in [9.17, 15) is 9.59 Å². The lowest BCUT2D eigenvalue weighted by Gasteiger charge is -2.18. The fraction of sp³-hybridized carbons (Fsp3) is 0.167. The first-order valence-corrected chi connectivity index (χ1v) is 9.75. The van der Waals surface area contributed by atoms with Crippen LogP contribution in [0.15, 0.2) is 60.7 Å². The Labute approximate surface area is 168 Å². The van der Waals surface area contributed by atoms with Crippen LogP contribution in [0.25, 0.3) is 16.7 Å². The number of ketones is 2. The number of para-hydroxylation sites is 1. The number of Topliss-reactive ketones (excluding diaryl/α,β-unsaturated/α-hetero) is 1. The minimum absolute atomic E-state index is 0.00760. The Morgan fingerprint density at radius 3 is 2.38 bits per heavy atom. The average Bonchev–Trinajstić information content (AvgIpc) is 3.09. The van der Waals surface area contributed by atoms with E-state index in [1.807, 2.05) is 55.5 Å². The van der Waals surface area contributed by atoms with Crippen LogP contribution in [0.4, 0.5) is 0 Å². The van der Waals surface area contributed by atoms with E-state index < -0.39 is 0 Å². The molecule has 4 aromatic rings. The molecule has 29 heavy (non-hydrogen) atoms. The second kappa shape index (κ2) is 6.78. The summed E-state index contributed by atoms with van der Waals surface area (Å²) in [4.78, 5) is 31.2. The van der Waals surface area contributed by atoms with Crippen LogP contribution < -0.4 is 0 Å². The first-order chi connectivity index (χ1) is 14.1. The van der Waals surface area contributed by atoms with Crippen LogP contribution in [0.2, 0.25) is 0 Å². The minimum atomic E-state index is -0.153. The Bertz CT molecular complexity index is 1260. The van der Waals surface area contributed by atoms with Gasteiger partial charge in [0.05, 0.1) is 28.0 Å². The Morgan fingerprint density at radius 1 is 0.966 bits per heavy atom. The first-order valence-electron chi connectivity index (χ1n) is 9.75. The molecule has 0 bridgehead atoms. The highest BCUT2D eigenvalue weighted by atomic mass is 16.1. The molecule has 5 rings (SSSR count). The van der Waals surface area contributed by atoms with Crippen molar-refractivity contribution in [2.24, 2.45) is 0 Å². The van der Waals surface area contributed by atoms with Gasteiger partial charge in [-0.1, -0.05) is 48.5 Å². The Balaban J connectivity index is 1.87. The predicted octanol–water partition coefficient (Wildman–Crippen LogP) is 4.48.